The maximum atomic E-state index is 12.9. The highest BCUT2D eigenvalue weighted by Gasteiger charge is 2.30. The van der Waals surface area contributed by atoms with Crippen LogP contribution >= 0.6 is 0 Å². The number of hydrogen-bond acceptors (Lipinski definition) is 3. The summed E-state index contributed by atoms with van der Waals surface area (Å²) in [5.41, 5.74) is 2.16. The lowest BCUT2D eigenvalue weighted by atomic mass is 9.98. The molecule has 1 aliphatic heterocycles. The van der Waals surface area contributed by atoms with Crippen molar-refractivity contribution in [3.63, 3.8) is 0 Å². The van der Waals surface area contributed by atoms with Crippen molar-refractivity contribution in [2.45, 2.75) is 25.4 Å². The van der Waals surface area contributed by atoms with Crippen LogP contribution in [0.2, 0.25) is 0 Å². The SMILES string of the molecule is O=C1CCCN1/N=C(\Cc1ccnc2ccccc12)c1ccc(C(F)(F)F)cc1. The second kappa shape index (κ2) is 7.66. The van der Waals surface area contributed by atoms with Crippen molar-refractivity contribution in [2.24, 2.45) is 5.10 Å². The van der Waals surface area contributed by atoms with Gasteiger partial charge in [0.2, 0.25) is 5.91 Å². The van der Waals surface area contributed by atoms with Gasteiger partial charge in [-0.2, -0.15) is 18.3 Å². The van der Waals surface area contributed by atoms with Gasteiger partial charge in [-0.15, -0.1) is 0 Å². The van der Waals surface area contributed by atoms with E-state index < -0.39 is 11.7 Å². The molecule has 1 fully saturated rings. The minimum atomic E-state index is -4.40. The first-order valence-corrected chi connectivity index (χ1v) is 9.30. The van der Waals surface area contributed by atoms with Gasteiger partial charge < -0.3 is 0 Å². The number of aromatic nitrogens is 1. The first-order valence-electron chi connectivity index (χ1n) is 9.30. The van der Waals surface area contributed by atoms with Gasteiger partial charge in [-0.05, 0) is 41.8 Å². The van der Waals surface area contributed by atoms with Crippen LogP contribution in [-0.2, 0) is 17.4 Å². The summed E-state index contributed by atoms with van der Waals surface area (Å²) >= 11 is 0. The van der Waals surface area contributed by atoms with E-state index in [2.05, 4.69) is 10.1 Å². The summed E-state index contributed by atoms with van der Waals surface area (Å²) in [7, 11) is 0. The molecule has 2 aromatic carbocycles. The molecule has 0 unspecified atom stereocenters. The zero-order valence-corrected chi connectivity index (χ0v) is 15.5. The number of carbonyl (C=O) groups excluding carboxylic acids is 1. The fraction of sp³-hybridized carbons (Fsp3) is 0.227. The highest BCUT2D eigenvalue weighted by Crippen LogP contribution is 2.29. The Kier molecular flexibility index (Phi) is 5.05. The zero-order valence-electron chi connectivity index (χ0n) is 15.5. The largest absolute Gasteiger partial charge is 0.416 e. The molecule has 0 saturated carbocycles. The van der Waals surface area contributed by atoms with Crippen molar-refractivity contribution in [1.82, 2.24) is 9.99 Å². The number of benzene rings is 2. The highest BCUT2D eigenvalue weighted by molar-refractivity contribution is 6.04. The fourth-order valence-corrected chi connectivity index (χ4v) is 3.42. The number of para-hydroxylation sites is 1. The van der Waals surface area contributed by atoms with Crippen LogP contribution in [0.4, 0.5) is 13.2 Å². The Morgan fingerprint density at radius 1 is 1.07 bits per heavy atom. The normalized spacial score (nSPS) is 15.3. The van der Waals surface area contributed by atoms with Gasteiger partial charge >= 0.3 is 6.18 Å². The lowest BCUT2D eigenvalue weighted by molar-refractivity contribution is -0.137. The smallest absolute Gasteiger partial charge is 0.273 e. The third-order valence-electron chi connectivity index (χ3n) is 4.93. The Morgan fingerprint density at radius 2 is 1.83 bits per heavy atom. The fourth-order valence-electron chi connectivity index (χ4n) is 3.42. The van der Waals surface area contributed by atoms with Gasteiger partial charge in [0.05, 0.1) is 16.8 Å². The first-order chi connectivity index (χ1) is 13.9. The van der Waals surface area contributed by atoms with Crippen LogP contribution < -0.4 is 0 Å². The summed E-state index contributed by atoms with van der Waals surface area (Å²) in [6, 6.07) is 14.4. The van der Waals surface area contributed by atoms with Crippen LogP contribution in [0.25, 0.3) is 10.9 Å². The molecular formula is C22H18F3N3O. The van der Waals surface area contributed by atoms with Crippen LogP contribution in [0.5, 0.6) is 0 Å². The van der Waals surface area contributed by atoms with E-state index in [1.54, 1.807) is 6.20 Å². The first kappa shape index (κ1) is 19.1. The molecule has 2 heterocycles. The molecule has 0 N–H and O–H groups in total. The molecule has 0 aliphatic carbocycles. The van der Waals surface area contributed by atoms with E-state index in [0.29, 0.717) is 30.7 Å². The second-order valence-electron chi connectivity index (χ2n) is 6.91. The molecule has 3 aromatic rings. The summed E-state index contributed by atoms with van der Waals surface area (Å²) in [6.07, 6.45) is -1.17. The number of hydrogen-bond donors (Lipinski definition) is 0. The van der Waals surface area contributed by atoms with E-state index in [1.807, 2.05) is 30.3 Å². The van der Waals surface area contributed by atoms with Gasteiger partial charge in [-0.1, -0.05) is 30.3 Å². The minimum absolute atomic E-state index is 0.0750. The summed E-state index contributed by atoms with van der Waals surface area (Å²) in [5, 5.41) is 6.88. The van der Waals surface area contributed by atoms with Crippen molar-refractivity contribution in [1.29, 1.82) is 0 Å². The lowest BCUT2D eigenvalue weighted by Gasteiger charge is -2.15. The van der Waals surface area contributed by atoms with Gasteiger partial charge in [0.1, 0.15) is 0 Å². The van der Waals surface area contributed by atoms with Gasteiger partial charge in [0.15, 0.2) is 0 Å². The number of fused-ring (bicyclic) bond motifs is 1. The molecule has 0 bridgehead atoms. The molecule has 7 heteroatoms. The highest BCUT2D eigenvalue weighted by atomic mass is 19.4. The molecule has 29 heavy (non-hydrogen) atoms. The molecule has 1 saturated heterocycles. The number of pyridine rings is 1. The summed E-state index contributed by atoms with van der Waals surface area (Å²) in [4.78, 5) is 16.4. The Bertz CT molecular complexity index is 1070. The Morgan fingerprint density at radius 3 is 2.52 bits per heavy atom. The number of rotatable bonds is 4. The number of amides is 1. The van der Waals surface area contributed by atoms with Gasteiger partial charge in [0, 0.05) is 31.0 Å². The standard InChI is InChI=1S/C22H18F3N3O/c23-22(24,25)17-9-7-15(8-10-17)20(27-28-13-3-6-21(28)29)14-16-11-12-26-19-5-2-1-4-18(16)19/h1-2,4-5,7-12H,3,6,13-14H2/b27-20+. The predicted octanol–water partition coefficient (Wildman–Crippen LogP) is 4.82. The number of halogens is 3. The summed E-state index contributed by atoms with van der Waals surface area (Å²) < 4.78 is 38.8. The molecule has 148 valence electrons. The predicted molar refractivity (Wildman–Crippen MR) is 104 cm³/mol. The van der Waals surface area contributed by atoms with Crippen LogP contribution in [0, 0.1) is 0 Å². The average molecular weight is 397 g/mol. The third kappa shape index (κ3) is 4.13. The molecule has 0 atom stereocenters. The number of alkyl halides is 3. The topological polar surface area (TPSA) is 45.6 Å². The number of hydrazone groups is 1. The number of carbonyl (C=O) groups is 1. The Balaban J connectivity index is 1.74. The number of nitrogens with zero attached hydrogens (tertiary/aromatic N) is 3. The van der Waals surface area contributed by atoms with Crippen LogP contribution in [0.1, 0.15) is 29.5 Å². The van der Waals surface area contributed by atoms with E-state index in [4.69, 9.17) is 0 Å². The molecule has 0 radical (unpaired) electrons. The van der Waals surface area contributed by atoms with Crippen molar-refractivity contribution >= 4 is 22.5 Å². The Labute approximate surface area is 165 Å². The minimum Gasteiger partial charge on any atom is -0.273 e. The van der Waals surface area contributed by atoms with Crippen molar-refractivity contribution in [2.75, 3.05) is 6.54 Å². The van der Waals surface area contributed by atoms with Crippen LogP contribution in [-0.4, -0.2) is 28.2 Å². The average Bonchev–Trinajstić information content (AvgIpc) is 3.12. The molecule has 1 aliphatic rings. The van der Waals surface area contributed by atoms with Crippen molar-refractivity contribution < 1.29 is 18.0 Å². The van der Waals surface area contributed by atoms with E-state index in [0.717, 1.165) is 35.0 Å². The molecular weight excluding hydrogens is 379 g/mol. The van der Waals surface area contributed by atoms with E-state index >= 15 is 0 Å². The maximum Gasteiger partial charge on any atom is 0.416 e. The molecule has 4 nitrogen and oxygen atoms in total. The van der Waals surface area contributed by atoms with E-state index in [9.17, 15) is 18.0 Å². The summed E-state index contributed by atoms with van der Waals surface area (Å²) in [5.74, 6) is -0.0750. The lowest BCUT2D eigenvalue weighted by Crippen LogP contribution is -2.22. The van der Waals surface area contributed by atoms with Crippen molar-refractivity contribution in [3.8, 4) is 0 Å². The van der Waals surface area contributed by atoms with Gasteiger partial charge in [-0.3, -0.25) is 9.78 Å². The molecule has 4 rings (SSSR count). The zero-order chi connectivity index (χ0) is 20.4. The van der Waals surface area contributed by atoms with Gasteiger partial charge in [0.25, 0.3) is 0 Å². The third-order valence-corrected chi connectivity index (χ3v) is 4.93. The monoisotopic (exact) mass is 397 g/mol. The second-order valence-corrected chi connectivity index (χ2v) is 6.91. The van der Waals surface area contributed by atoms with E-state index in [-0.39, 0.29) is 5.91 Å². The van der Waals surface area contributed by atoms with E-state index in [1.165, 1.54) is 17.1 Å². The molecule has 1 amide bonds. The molecule has 0 spiro atoms. The Hall–Kier alpha value is -3.22. The quantitative estimate of drug-likeness (QED) is 0.593. The maximum absolute atomic E-state index is 12.9. The summed E-state index contributed by atoms with van der Waals surface area (Å²) in [6.45, 7) is 0.514. The van der Waals surface area contributed by atoms with Crippen molar-refractivity contribution in [3.05, 3.63) is 77.5 Å². The van der Waals surface area contributed by atoms with Gasteiger partial charge in [-0.25, -0.2) is 5.01 Å². The van der Waals surface area contributed by atoms with Crippen LogP contribution in [0.15, 0.2) is 65.9 Å². The van der Waals surface area contributed by atoms with Crippen LogP contribution in [0.3, 0.4) is 0 Å². The molecule has 1 aromatic heterocycles.